The molecule has 0 saturated carbocycles. The molecule has 0 heterocycles. The molecule has 0 aromatic heterocycles. The molecular formula is C7H19NO. The van der Waals surface area contributed by atoms with Crippen molar-refractivity contribution in [3.63, 3.8) is 0 Å². The average molecular weight is 135 g/mol. The molecule has 2 nitrogen and oxygen atoms in total. The second-order valence-electron chi connectivity index (χ2n) is 2.73. The molecule has 0 aromatic rings. The Kier molecular flexibility index (Phi) is 3.82. The molecule has 0 N–H and O–H groups in total. The van der Waals surface area contributed by atoms with Crippen molar-refractivity contribution in [3.8, 4) is 0 Å². The minimum Gasteiger partial charge on any atom is -0.302 e. The summed E-state index contributed by atoms with van der Waals surface area (Å²) in [4.78, 5) is 5.11. The standard InChI is InChI=1S/C7H17NO.H2/c1-6(2)8(9-5)7(3)4;/h6-7H,1-5H3;1H/i;1+2. The molecule has 0 saturated heterocycles. The first-order chi connectivity index (χ1) is 4.09. The second kappa shape index (κ2) is 3.85. The van der Waals surface area contributed by atoms with Gasteiger partial charge in [0.25, 0.3) is 0 Å². The maximum absolute atomic E-state index is 5.11. The monoisotopic (exact) mass is 135 g/mol. The summed E-state index contributed by atoms with van der Waals surface area (Å²) in [6.07, 6.45) is 0. The van der Waals surface area contributed by atoms with Crippen molar-refractivity contribution in [1.82, 2.24) is 5.06 Å². The largest absolute Gasteiger partial charge is 0.302 e. The highest BCUT2D eigenvalue weighted by molar-refractivity contribution is 4.56. The van der Waals surface area contributed by atoms with E-state index in [0.29, 0.717) is 12.1 Å². The minimum absolute atomic E-state index is 0. The van der Waals surface area contributed by atoms with Gasteiger partial charge in [-0.25, -0.2) is 0 Å². The van der Waals surface area contributed by atoms with E-state index >= 15 is 0 Å². The Balaban J connectivity index is 0. The summed E-state index contributed by atoms with van der Waals surface area (Å²) in [6.45, 7) is 8.46. The third kappa shape index (κ3) is 2.82. The molecule has 0 spiro atoms. The minimum atomic E-state index is 0. The summed E-state index contributed by atoms with van der Waals surface area (Å²) >= 11 is 0. The molecule has 0 fully saturated rings. The summed E-state index contributed by atoms with van der Waals surface area (Å²) in [5.74, 6) is 0. The van der Waals surface area contributed by atoms with E-state index in [2.05, 4.69) is 27.7 Å². The molecule has 0 radical (unpaired) electrons. The van der Waals surface area contributed by atoms with Gasteiger partial charge in [-0.05, 0) is 27.7 Å². The molecule has 58 valence electrons. The van der Waals surface area contributed by atoms with Crippen LogP contribution in [0.15, 0.2) is 0 Å². The number of hydroxylamine groups is 2. The summed E-state index contributed by atoms with van der Waals surface area (Å²) in [5.41, 5.74) is 0. The van der Waals surface area contributed by atoms with Crippen molar-refractivity contribution in [3.05, 3.63) is 0 Å². The van der Waals surface area contributed by atoms with Gasteiger partial charge in [0, 0.05) is 13.5 Å². The van der Waals surface area contributed by atoms with Crippen molar-refractivity contribution < 1.29 is 6.26 Å². The fourth-order valence-corrected chi connectivity index (χ4v) is 1.02. The van der Waals surface area contributed by atoms with E-state index in [0.717, 1.165) is 0 Å². The van der Waals surface area contributed by atoms with Crippen LogP contribution in [-0.2, 0) is 4.84 Å². The Morgan fingerprint density at radius 2 is 1.44 bits per heavy atom. The van der Waals surface area contributed by atoms with Gasteiger partial charge in [-0.2, -0.15) is 5.06 Å². The van der Waals surface area contributed by atoms with Crippen LogP contribution < -0.4 is 0 Å². The zero-order chi connectivity index (χ0) is 7.44. The lowest BCUT2D eigenvalue weighted by Gasteiger charge is -2.27. The topological polar surface area (TPSA) is 12.5 Å². The quantitative estimate of drug-likeness (QED) is 0.548. The van der Waals surface area contributed by atoms with Crippen LogP contribution in [0.3, 0.4) is 0 Å². The summed E-state index contributed by atoms with van der Waals surface area (Å²) in [5, 5.41) is 1.96. The van der Waals surface area contributed by atoms with Crippen molar-refractivity contribution in [2.45, 2.75) is 39.8 Å². The summed E-state index contributed by atoms with van der Waals surface area (Å²) < 4.78 is 0. The lowest BCUT2D eigenvalue weighted by atomic mass is 10.3. The third-order valence-electron chi connectivity index (χ3n) is 1.23. The van der Waals surface area contributed by atoms with E-state index in [1.165, 1.54) is 0 Å². The lowest BCUT2D eigenvalue weighted by Crippen LogP contribution is -2.35. The summed E-state index contributed by atoms with van der Waals surface area (Å²) in [7, 11) is 1.71. The molecule has 0 atom stereocenters. The first kappa shape index (κ1) is 8.92. The van der Waals surface area contributed by atoms with E-state index in [1.54, 1.807) is 7.11 Å². The van der Waals surface area contributed by atoms with Gasteiger partial charge in [-0.3, -0.25) is 0 Å². The fraction of sp³-hybridized carbons (Fsp3) is 1.00. The van der Waals surface area contributed by atoms with Crippen LogP contribution in [-0.4, -0.2) is 24.3 Å². The molecule has 0 aliphatic rings. The van der Waals surface area contributed by atoms with E-state index in [-0.39, 0.29) is 1.43 Å². The second-order valence-corrected chi connectivity index (χ2v) is 2.73. The van der Waals surface area contributed by atoms with E-state index in [9.17, 15) is 0 Å². The first-order valence-corrected chi connectivity index (χ1v) is 3.42. The van der Waals surface area contributed by atoms with Gasteiger partial charge >= 0.3 is 0 Å². The van der Waals surface area contributed by atoms with Crippen LogP contribution in [0.4, 0.5) is 0 Å². The summed E-state index contributed by atoms with van der Waals surface area (Å²) in [6, 6.07) is 0.935. The van der Waals surface area contributed by atoms with Gasteiger partial charge in [-0.15, -0.1) is 0 Å². The number of rotatable bonds is 3. The number of hydrogen-bond acceptors (Lipinski definition) is 2. The molecule has 0 amide bonds. The van der Waals surface area contributed by atoms with Gasteiger partial charge in [0.1, 0.15) is 0 Å². The van der Waals surface area contributed by atoms with Crippen molar-refractivity contribution in [2.75, 3.05) is 7.11 Å². The Morgan fingerprint density at radius 1 is 1.11 bits per heavy atom. The van der Waals surface area contributed by atoms with Crippen LogP contribution in [0.5, 0.6) is 0 Å². The van der Waals surface area contributed by atoms with Crippen molar-refractivity contribution in [2.24, 2.45) is 0 Å². The van der Waals surface area contributed by atoms with Crippen LogP contribution in [0.2, 0.25) is 0 Å². The highest BCUT2D eigenvalue weighted by Gasteiger charge is 2.10. The van der Waals surface area contributed by atoms with Crippen molar-refractivity contribution >= 4 is 0 Å². The predicted octanol–water partition coefficient (Wildman–Crippen LogP) is 1.91. The number of nitrogens with zero attached hydrogens (tertiary/aromatic N) is 1. The van der Waals surface area contributed by atoms with Gasteiger partial charge in [0.05, 0.1) is 7.11 Å². The maximum Gasteiger partial charge on any atom is 0.0575 e. The smallest absolute Gasteiger partial charge is 0.0575 e. The lowest BCUT2D eigenvalue weighted by molar-refractivity contribution is -0.174. The molecule has 0 rings (SSSR count). The maximum atomic E-state index is 5.11. The molecule has 0 aliphatic heterocycles. The molecule has 2 heteroatoms. The predicted molar refractivity (Wildman–Crippen MR) is 41.2 cm³/mol. The van der Waals surface area contributed by atoms with Crippen LogP contribution in [0.1, 0.15) is 29.1 Å². The molecule has 0 aliphatic carbocycles. The van der Waals surface area contributed by atoms with E-state index in [4.69, 9.17) is 4.84 Å². The SMILES string of the molecule is CON(C(C)C)C(C)C.[3HH]. The zero-order valence-corrected chi connectivity index (χ0v) is 7.01. The van der Waals surface area contributed by atoms with Gasteiger partial charge in [0.15, 0.2) is 0 Å². The van der Waals surface area contributed by atoms with E-state index in [1.807, 2.05) is 5.06 Å². The van der Waals surface area contributed by atoms with Crippen LogP contribution in [0, 0.1) is 0 Å². The normalized spacial score (nSPS) is 12.0. The molecule has 0 unspecified atom stereocenters. The molecular weight excluding hydrogens is 114 g/mol. The first-order valence-electron chi connectivity index (χ1n) is 3.42. The highest BCUT2D eigenvalue weighted by atomic mass is 16.7. The van der Waals surface area contributed by atoms with Crippen LogP contribution >= 0.6 is 0 Å². The molecule has 9 heavy (non-hydrogen) atoms. The van der Waals surface area contributed by atoms with Gasteiger partial charge in [0.2, 0.25) is 0 Å². The Labute approximate surface area is 59.2 Å². The Hall–Kier alpha value is -0.0800. The Bertz CT molecular complexity index is 68.0. The molecule has 0 aromatic carbocycles. The van der Waals surface area contributed by atoms with Gasteiger partial charge in [-0.1, -0.05) is 0 Å². The fourth-order valence-electron chi connectivity index (χ4n) is 1.02. The highest BCUT2D eigenvalue weighted by Crippen LogP contribution is 2.02. The Morgan fingerprint density at radius 3 is 1.44 bits per heavy atom. The molecule has 0 bridgehead atoms. The average Bonchev–Trinajstić information content (AvgIpc) is 1.64. The van der Waals surface area contributed by atoms with E-state index < -0.39 is 0 Å². The van der Waals surface area contributed by atoms with Crippen LogP contribution in [0.25, 0.3) is 0 Å². The zero-order valence-electron chi connectivity index (χ0n) is 7.01. The number of hydrogen-bond donors (Lipinski definition) is 0. The van der Waals surface area contributed by atoms with Gasteiger partial charge < -0.3 is 4.84 Å². The van der Waals surface area contributed by atoms with Crippen molar-refractivity contribution in [1.29, 1.82) is 0 Å². The third-order valence-corrected chi connectivity index (χ3v) is 1.23.